The molecule has 0 aliphatic carbocycles. The third-order valence-corrected chi connectivity index (χ3v) is 4.87. The Bertz CT molecular complexity index is 1060. The van der Waals surface area contributed by atoms with Gasteiger partial charge in [-0.3, -0.25) is 10.1 Å². The van der Waals surface area contributed by atoms with E-state index < -0.39 is 0 Å². The first kappa shape index (κ1) is 17.2. The normalized spacial score (nSPS) is 10.7. The van der Waals surface area contributed by atoms with Crippen molar-refractivity contribution in [2.24, 2.45) is 0 Å². The van der Waals surface area contributed by atoms with Crippen molar-refractivity contribution >= 4 is 22.4 Å². The summed E-state index contributed by atoms with van der Waals surface area (Å²) in [5.74, 6) is -0.0134. The number of halogens is 1. The number of nitrogens with zero attached hydrogens (tertiary/aromatic N) is 1. The number of benzene rings is 2. The molecule has 4 nitrogen and oxygen atoms in total. The molecule has 0 saturated heterocycles. The first-order valence-corrected chi connectivity index (χ1v) is 9.15. The molecule has 1 amide bonds. The molecule has 0 unspecified atom stereocenters. The van der Waals surface area contributed by atoms with Gasteiger partial charge >= 0.3 is 0 Å². The van der Waals surface area contributed by atoms with Crippen molar-refractivity contribution in [3.05, 3.63) is 94.9 Å². The van der Waals surface area contributed by atoms with Crippen LogP contribution in [0.4, 0.5) is 9.52 Å². The van der Waals surface area contributed by atoms with Gasteiger partial charge in [0.05, 0.1) is 0 Å². The monoisotopic (exact) mass is 378 g/mol. The number of hydrogen-bond donors (Lipinski definition) is 1. The lowest BCUT2D eigenvalue weighted by atomic mass is 10.1. The van der Waals surface area contributed by atoms with Crippen LogP contribution in [0.15, 0.2) is 77.3 Å². The minimum atomic E-state index is -0.371. The van der Waals surface area contributed by atoms with Crippen LogP contribution in [0.2, 0.25) is 0 Å². The van der Waals surface area contributed by atoms with Gasteiger partial charge in [0, 0.05) is 23.1 Å². The lowest BCUT2D eigenvalue weighted by Crippen LogP contribution is -2.10. The van der Waals surface area contributed by atoms with Crippen LogP contribution in [0.1, 0.15) is 21.0 Å². The molecule has 0 bridgehead atoms. The van der Waals surface area contributed by atoms with Gasteiger partial charge in [-0.25, -0.2) is 9.37 Å². The SMILES string of the molecule is O=C(Nc1ncc(Cc2ccccc2)s1)c1ccc(-c2ccc(F)cc2)o1. The van der Waals surface area contributed by atoms with Gasteiger partial charge in [0.25, 0.3) is 5.91 Å². The van der Waals surface area contributed by atoms with E-state index in [1.54, 1.807) is 30.5 Å². The van der Waals surface area contributed by atoms with Crippen LogP contribution in [0, 0.1) is 5.82 Å². The Balaban J connectivity index is 1.43. The van der Waals surface area contributed by atoms with Gasteiger partial charge in [-0.05, 0) is 42.0 Å². The molecule has 0 spiro atoms. The maximum atomic E-state index is 13.0. The minimum absolute atomic E-state index is 0.175. The van der Waals surface area contributed by atoms with Gasteiger partial charge in [0.15, 0.2) is 10.9 Å². The summed E-state index contributed by atoms with van der Waals surface area (Å²) in [6, 6.07) is 19.3. The van der Waals surface area contributed by atoms with Crippen LogP contribution in [0.3, 0.4) is 0 Å². The lowest BCUT2D eigenvalue weighted by Gasteiger charge is -1.99. The standard InChI is InChI=1S/C21H15FN2O2S/c22-16-8-6-15(7-9-16)18-10-11-19(26-18)20(25)24-21-23-13-17(27-21)12-14-4-2-1-3-5-14/h1-11,13H,12H2,(H,23,24,25). The molecule has 0 radical (unpaired) electrons. The van der Waals surface area contributed by atoms with E-state index in [1.165, 1.54) is 29.0 Å². The topological polar surface area (TPSA) is 55.1 Å². The quantitative estimate of drug-likeness (QED) is 0.507. The lowest BCUT2D eigenvalue weighted by molar-refractivity contribution is 0.0997. The van der Waals surface area contributed by atoms with Crippen LogP contribution in [0.5, 0.6) is 0 Å². The average molecular weight is 378 g/mol. The number of rotatable bonds is 5. The highest BCUT2D eigenvalue weighted by Crippen LogP contribution is 2.25. The first-order chi connectivity index (χ1) is 13.2. The molecule has 134 valence electrons. The van der Waals surface area contributed by atoms with Crippen LogP contribution in [-0.4, -0.2) is 10.9 Å². The number of nitrogens with one attached hydrogen (secondary N) is 1. The molecule has 4 rings (SSSR count). The highest BCUT2D eigenvalue weighted by molar-refractivity contribution is 7.15. The number of thiazole rings is 1. The second kappa shape index (κ2) is 7.55. The third kappa shape index (κ3) is 4.12. The van der Waals surface area contributed by atoms with Crippen LogP contribution < -0.4 is 5.32 Å². The molecule has 0 saturated carbocycles. The second-order valence-electron chi connectivity index (χ2n) is 5.92. The molecule has 0 aliphatic rings. The van der Waals surface area contributed by atoms with E-state index in [9.17, 15) is 9.18 Å². The fourth-order valence-corrected chi connectivity index (χ4v) is 3.47. The van der Waals surface area contributed by atoms with E-state index >= 15 is 0 Å². The van der Waals surface area contributed by atoms with Crippen molar-refractivity contribution in [1.29, 1.82) is 0 Å². The van der Waals surface area contributed by atoms with E-state index in [0.717, 1.165) is 11.3 Å². The smallest absolute Gasteiger partial charge is 0.293 e. The molecule has 2 heterocycles. The zero-order valence-corrected chi connectivity index (χ0v) is 15.0. The predicted octanol–water partition coefficient (Wildman–Crippen LogP) is 5.39. The summed E-state index contributed by atoms with van der Waals surface area (Å²) in [6.45, 7) is 0. The molecule has 2 aromatic heterocycles. The van der Waals surface area contributed by atoms with Gasteiger partial charge in [-0.15, -0.1) is 11.3 Å². The van der Waals surface area contributed by atoms with Gasteiger partial charge in [-0.2, -0.15) is 0 Å². The van der Waals surface area contributed by atoms with E-state index in [0.29, 0.717) is 16.5 Å². The summed E-state index contributed by atoms with van der Waals surface area (Å²) in [5, 5.41) is 3.27. The Labute approximate surface area is 159 Å². The Hall–Kier alpha value is -3.25. The summed E-state index contributed by atoms with van der Waals surface area (Å²) in [4.78, 5) is 17.7. The Morgan fingerprint density at radius 1 is 1.04 bits per heavy atom. The number of carbonyl (C=O) groups excluding carboxylic acids is 1. The molecule has 1 N–H and O–H groups in total. The molecule has 0 aliphatic heterocycles. The number of amides is 1. The zero-order valence-electron chi connectivity index (χ0n) is 14.2. The fraction of sp³-hybridized carbons (Fsp3) is 0.0476. The van der Waals surface area contributed by atoms with Crippen molar-refractivity contribution in [1.82, 2.24) is 4.98 Å². The molecule has 0 fully saturated rings. The number of hydrogen-bond acceptors (Lipinski definition) is 4. The van der Waals surface area contributed by atoms with Gasteiger partial charge < -0.3 is 4.42 Å². The summed E-state index contributed by atoms with van der Waals surface area (Å²) in [6.07, 6.45) is 2.53. The van der Waals surface area contributed by atoms with E-state index in [2.05, 4.69) is 22.4 Å². The van der Waals surface area contributed by atoms with Crippen molar-refractivity contribution < 1.29 is 13.6 Å². The molecule has 0 atom stereocenters. The highest BCUT2D eigenvalue weighted by Gasteiger charge is 2.14. The largest absolute Gasteiger partial charge is 0.451 e. The maximum absolute atomic E-state index is 13.0. The fourth-order valence-electron chi connectivity index (χ4n) is 2.63. The minimum Gasteiger partial charge on any atom is -0.451 e. The molecule has 2 aromatic carbocycles. The second-order valence-corrected chi connectivity index (χ2v) is 7.03. The Kier molecular flexibility index (Phi) is 4.80. The van der Waals surface area contributed by atoms with Crippen LogP contribution >= 0.6 is 11.3 Å². The Morgan fingerprint density at radius 3 is 2.59 bits per heavy atom. The van der Waals surface area contributed by atoms with E-state index in [-0.39, 0.29) is 17.5 Å². The maximum Gasteiger partial charge on any atom is 0.293 e. The van der Waals surface area contributed by atoms with E-state index in [1.807, 2.05) is 18.2 Å². The summed E-state index contributed by atoms with van der Waals surface area (Å²) in [7, 11) is 0. The van der Waals surface area contributed by atoms with Gasteiger partial charge in [0.2, 0.25) is 0 Å². The molecule has 6 heteroatoms. The zero-order chi connectivity index (χ0) is 18.6. The number of anilines is 1. The van der Waals surface area contributed by atoms with E-state index in [4.69, 9.17) is 4.42 Å². The Morgan fingerprint density at radius 2 is 1.81 bits per heavy atom. The summed E-state index contributed by atoms with van der Waals surface area (Å²) < 4.78 is 18.6. The third-order valence-electron chi connectivity index (χ3n) is 3.95. The number of carbonyl (C=O) groups is 1. The van der Waals surface area contributed by atoms with Crippen LogP contribution in [-0.2, 0) is 6.42 Å². The average Bonchev–Trinajstić information content (AvgIpc) is 3.33. The molecular weight excluding hydrogens is 363 g/mol. The van der Waals surface area contributed by atoms with Gasteiger partial charge in [0.1, 0.15) is 11.6 Å². The van der Waals surface area contributed by atoms with Crippen molar-refractivity contribution in [3.8, 4) is 11.3 Å². The van der Waals surface area contributed by atoms with Gasteiger partial charge in [-0.1, -0.05) is 30.3 Å². The molecule has 4 aromatic rings. The number of aromatic nitrogens is 1. The first-order valence-electron chi connectivity index (χ1n) is 8.33. The highest BCUT2D eigenvalue weighted by atomic mass is 32.1. The predicted molar refractivity (Wildman–Crippen MR) is 103 cm³/mol. The van der Waals surface area contributed by atoms with Crippen LogP contribution in [0.25, 0.3) is 11.3 Å². The van der Waals surface area contributed by atoms with Crippen molar-refractivity contribution in [3.63, 3.8) is 0 Å². The van der Waals surface area contributed by atoms with Crippen molar-refractivity contribution in [2.75, 3.05) is 5.32 Å². The summed E-state index contributed by atoms with van der Waals surface area (Å²) >= 11 is 1.43. The van der Waals surface area contributed by atoms with Crippen molar-refractivity contribution in [2.45, 2.75) is 6.42 Å². The number of furan rings is 1. The molecular formula is C21H15FN2O2S. The summed E-state index contributed by atoms with van der Waals surface area (Å²) in [5.41, 5.74) is 1.89. The molecule has 27 heavy (non-hydrogen) atoms.